The number of benzene rings is 2. The molecule has 0 fully saturated rings. The largest absolute Gasteiger partial charge is 0.491 e. The molecular formula is C20H22ClN3O2. The molecule has 3 aromatic rings. The number of aryl methyl sites for hydroxylation is 1. The fourth-order valence-corrected chi connectivity index (χ4v) is 3.07. The molecule has 0 spiro atoms. The Kier molecular flexibility index (Phi) is 5.49. The predicted octanol–water partition coefficient (Wildman–Crippen LogP) is 3.51. The molecule has 0 radical (unpaired) electrons. The van der Waals surface area contributed by atoms with Crippen molar-refractivity contribution in [3.05, 3.63) is 71.3 Å². The molecule has 0 saturated carbocycles. The zero-order valence-electron chi connectivity index (χ0n) is 14.7. The van der Waals surface area contributed by atoms with Gasteiger partial charge in [-0.1, -0.05) is 29.8 Å². The minimum atomic E-state index is -0.747. The van der Waals surface area contributed by atoms with Crippen LogP contribution in [0.1, 0.15) is 5.56 Å². The molecule has 0 saturated heterocycles. The minimum Gasteiger partial charge on any atom is -0.491 e. The second-order valence-electron chi connectivity index (χ2n) is 6.20. The second-order valence-corrected chi connectivity index (χ2v) is 6.61. The molecule has 0 aliphatic heterocycles. The lowest BCUT2D eigenvalue weighted by Gasteiger charge is -2.14. The number of imidazole rings is 1. The van der Waals surface area contributed by atoms with Crippen LogP contribution in [0.5, 0.6) is 5.75 Å². The van der Waals surface area contributed by atoms with E-state index in [0.717, 1.165) is 16.6 Å². The lowest BCUT2D eigenvalue weighted by molar-refractivity contribution is 0.0921. The first-order valence-electron chi connectivity index (χ1n) is 8.42. The van der Waals surface area contributed by atoms with Gasteiger partial charge >= 0.3 is 0 Å². The number of hydrogen-bond donors (Lipinski definition) is 2. The van der Waals surface area contributed by atoms with Gasteiger partial charge in [0.2, 0.25) is 5.62 Å². The lowest BCUT2D eigenvalue weighted by Crippen LogP contribution is -2.31. The number of ether oxygens (including phenoxy) is 1. The molecule has 1 unspecified atom stereocenters. The Morgan fingerprint density at radius 3 is 2.58 bits per heavy atom. The summed E-state index contributed by atoms with van der Waals surface area (Å²) in [7, 11) is 0. The number of fused-ring (bicyclic) bond motifs is 1. The predicted molar refractivity (Wildman–Crippen MR) is 104 cm³/mol. The standard InChI is InChI=1S/C20H22ClN3O2/c1-3-10-23-18-6-4-5-7-19(18)24(20(23)22)12-15(25)13-26-16-8-9-17(21)14(2)11-16/h3-9,11,15,22,25H,1,10,12-13H2,2H3. The van der Waals surface area contributed by atoms with Crippen molar-refractivity contribution < 1.29 is 9.84 Å². The first kappa shape index (κ1) is 18.3. The first-order valence-corrected chi connectivity index (χ1v) is 8.79. The van der Waals surface area contributed by atoms with Crippen LogP contribution < -0.4 is 10.4 Å². The Morgan fingerprint density at radius 1 is 1.23 bits per heavy atom. The van der Waals surface area contributed by atoms with Crippen molar-refractivity contribution >= 4 is 22.6 Å². The maximum Gasteiger partial charge on any atom is 0.203 e. The molecule has 6 heteroatoms. The third-order valence-electron chi connectivity index (χ3n) is 4.25. The molecule has 1 heterocycles. The van der Waals surface area contributed by atoms with E-state index in [2.05, 4.69) is 6.58 Å². The number of rotatable bonds is 7. The summed E-state index contributed by atoms with van der Waals surface area (Å²) >= 11 is 6.01. The molecule has 26 heavy (non-hydrogen) atoms. The van der Waals surface area contributed by atoms with Crippen LogP contribution in [0.25, 0.3) is 11.0 Å². The molecule has 0 aliphatic carbocycles. The smallest absolute Gasteiger partial charge is 0.203 e. The SMILES string of the molecule is C=CCn1c(=N)n(CC(O)COc2ccc(Cl)c(C)c2)c2ccccc21. The van der Waals surface area contributed by atoms with E-state index in [9.17, 15) is 5.11 Å². The van der Waals surface area contributed by atoms with Crippen molar-refractivity contribution in [2.24, 2.45) is 0 Å². The van der Waals surface area contributed by atoms with Crippen molar-refractivity contribution in [3.63, 3.8) is 0 Å². The van der Waals surface area contributed by atoms with Gasteiger partial charge in [0.15, 0.2) is 0 Å². The van der Waals surface area contributed by atoms with Gasteiger partial charge in [0, 0.05) is 11.6 Å². The Labute approximate surface area is 157 Å². The third kappa shape index (κ3) is 3.69. The second kappa shape index (κ2) is 7.81. The molecule has 2 N–H and O–H groups in total. The number of aliphatic hydroxyl groups excluding tert-OH is 1. The zero-order chi connectivity index (χ0) is 18.7. The van der Waals surface area contributed by atoms with Crippen LogP contribution in [0.2, 0.25) is 5.02 Å². The number of para-hydroxylation sites is 2. The van der Waals surface area contributed by atoms with Crippen molar-refractivity contribution in [2.45, 2.75) is 26.1 Å². The zero-order valence-corrected chi connectivity index (χ0v) is 15.4. The monoisotopic (exact) mass is 371 g/mol. The van der Waals surface area contributed by atoms with E-state index < -0.39 is 6.10 Å². The van der Waals surface area contributed by atoms with Crippen LogP contribution in [0, 0.1) is 12.3 Å². The van der Waals surface area contributed by atoms with Crippen LogP contribution in [-0.2, 0) is 13.1 Å². The maximum atomic E-state index is 10.4. The Balaban J connectivity index is 1.77. The molecule has 5 nitrogen and oxygen atoms in total. The number of allylic oxidation sites excluding steroid dienone is 1. The number of halogens is 1. The van der Waals surface area contributed by atoms with Gasteiger partial charge in [0.25, 0.3) is 0 Å². The Morgan fingerprint density at radius 2 is 1.92 bits per heavy atom. The number of aliphatic hydroxyl groups is 1. The average Bonchev–Trinajstić information content (AvgIpc) is 2.89. The molecule has 1 atom stereocenters. The van der Waals surface area contributed by atoms with Gasteiger partial charge in [-0.05, 0) is 42.8 Å². The summed E-state index contributed by atoms with van der Waals surface area (Å²) in [6, 6.07) is 13.2. The van der Waals surface area contributed by atoms with E-state index in [1.807, 2.05) is 41.8 Å². The van der Waals surface area contributed by atoms with Gasteiger partial charge in [-0.3, -0.25) is 5.41 Å². The van der Waals surface area contributed by atoms with E-state index in [0.29, 0.717) is 22.9 Å². The Hall–Kier alpha value is -2.50. The fourth-order valence-electron chi connectivity index (χ4n) is 2.96. The third-order valence-corrected chi connectivity index (χ3v) is 4.68. The highest BCUT2D eigenvalue weighted by Crippen LogP contribution is 2.21. The summed E-state index contributed by atoms with van der Waals surface area (Å²) < 4.78 is 9.33. The van der Waals surface area contributed by atoms with Gasteiger partial charge in [-0.25, -0.2) is 0 Å². The van der Waals surface area contributed by atoms with Crippen LogP contribution >= 0.6 is 11.6 Å². The molecule has 0 bridgehead atoms. The fraction of sp³-hybridized carbons (Fsp3) is 0.250. The normalized spacial score (nSPS) is 12.3. The summed E-state index contributed by atoms with van der Waals surface area (Å²) in [4.78, 5) is 0. The lowest BCUT2D eigenvalue weighted by atomic mass is 10.2. The number of nitrogens with zero attached hydrogens (tertiary/aromatic N) is 2. The molecule has 2 aromatic carbocycles. The number of nitrogens with one attached hydrogen (secondary N) is 1. The average molecular weight is 372 g/mol. The number of aromatic nitrogens is 2. The van der Waals surface area contributed by atoms with Crippen LogP contribution in [0.15, 0.2) is 55.1 Å². The van der Waals surface area contributed by atoms with Gasteiger partial charge in [0.05, 0.1) is 17.6 Å². The van der Waals surface area contributed by atoms with Gasteiger partial charge in [0.1, 0.15) is 18.5 Å². The van der Waals surface area contributed by atoms with E-state index >= 15 is 0 Å². The van der Waals surface area contributed by atoms with E-state index in [1.54, 1.807) is 22.8 Å². The quantitative estimate of drug-likeness (QED) is 0.624. The van der Waals surface area contributed by atoms with E-state index in [-0.39, 0.29) is 13.2 Å². The summed E-state index contributed by atoms with van der Waals surface area (Å²) in [6.45, 7) is 6.62. The molecular weight excluding hydrogens is 350 g/mol. The van der Waals surface area contributed by atoms with Gasteiger partial charge in [-0.2, -0.15) is 0 Å². The summed E-state index contributed by atoms with van der Waals surface area (Å²) in [5.74, 6) is 0.663. The topological polar surface area (TPSA) is 63.2 Å². The van der Waals surface area contributed by atoms with Gasteiger partial charge < -0.3 is 19.0 Å². The van der Waals surface area contributed by atoms with Crippen LogP contribution in [0.4, 0.5) is 0 Å². The molecule has 1 aromatic heterocycles. The maximum absolute atomic E-state index is 10.4. The van der Waals surface area contributed by atoms with Crippen LogP contribution in [0.3, 0.4) is 0 Å². The molecule has 136 valence electrons. The van der Waals surface area contributed by atoms with Crippen LogP contribution in [-0.4, -0.2) is 27.0 Å². The minimum absolute atomic E-state index is 0.133. The molecule has 0 amide bonds. The van der Waals surface area contributed by atoms with Gasteiger partial charge in [-0.15, -0.1) is 6.58 Å². The van der Waals surface area contributed by atoms with Crippen molar-refractivity contribution in [3.8, 4) is 5.75 Å². The first-order chi connectivity index (χ1) is 12.5. The van der Waals surface area contributed by atoms with E-state index in [4.69, 9.17) is 21.7 Å². The summed E-state index contributed by atoms with van der Waals surface area (Å²) in [5, 5.41) is 19.5. The van der Waals surface area contributed by atoms with Crippen molar-refractivity contribution in [1.82, 2.24) is 9.13 Å². The highest BCUT2D eigenvalue weighted by atomic mass is 35.5. The Bertz CT molecular complexity index is 990. The number of hydrogen-bond acceptors (Lipinski definition) is 3. The van der Waals surface area contributed by atoms with Crippen molar-refractivity contribution in [2.75, 3.05) is 6.61 Å². The highest BCUT2D eigenvalue weighted by molar-refractivity contribution is 6.31. The molecule has 3 rings (SSSR count). The molecule has 0 aliphatic rings. The summed E-state index contributed by atoms with van der Waals surface area (Å²) in [6.07, 6.45) is 1.01. The highest BCUT2D eigenvalue weighted by Gasteiger charge is 2.14. The van der Waals surface area contributed by atoms with E-state index in [1.165, 1.54) is 0 Å². The summed E-state index contributed by atoms with van der Waals surface area (Å²) in [5.41, 5.74) is 3.10. The van der Waals surface area contributed by atoms with Crippen molar-refractivity contribution in [1.29, 1.82) is 5.41 Å².